The van der Waals surface area contributed by atoms with Crippen LogP contribution >= 0.6 is 0 Å². The number of nitrogens with zero attached hydrogens (tertiary/aromatic N) is 2. The van der Waals surface area contributed by atoms with Gasteiger partial charge in [-0.25, -0.2) is 0 Å². The third-order valence-electron chi connectivity index (χ3n) is 4.68. The van der Waals surface area contributed by atoms with E-state index in [1.807, 2.05) is 11.8 Å². The maximum absolute atomic E-state index is 12.3. The molecular weight excluding hydrogens is 240 g/mol. The molecule has 4 nitrogen and oxygen atoms in total. The van der Waals surface area contributed by atoms with Crippen LogP contribution in [0.15, 0.2) is 0 Å². The van der Waals surface area contributed by atoms with Gasteiger partial charge in [-0.2, -0.15) is 0 Å². The van der Waals surface area contributed by atoms with Gasteiger partial charge >= 0.3 is 0 Å². The van der Waals surface area contributed by atoms with E-state index >= 15 is 0 Å². The highest BCUT2D eigenvalue weighted by Gasteiger charge is 2.26. The van der Waals surface area contributed by atoms with E-state index in [2.05, 4.69) is 11.8 Å². The molecule has 2 atom stereocenters. The number of likely N-dealkylation sites (tertiary alicyclic amines) is 2. The molecule has 0 aromatic carbocycles. The largest absolute Gasteiger partial charge is 0.393 e. The molecule has 0 bridgehead atoms. The topological polar surface area (TPSA) is 43.8 Å². The molecule has 1 amide bonds. The summed E-state index contributed by atoms with van der Waals surface area (Å²) in [5.41, 5.74) is 0. The van der Waals surface area contributed by atoms with Crippen molar-refractivity contribution in [3.63, 3.8) is 0 Å². The number of hydrogen-bond donors (Lipinski definition) is 1. The molecule has 0 aliphatic carbocycles. The van der Waals surface area contributed by atoms with Gasteiger partial charge in [-0.15, -0.1) is 0 Å². The van der Waals surface area contributed by atoms with Gasteiger partial charge in [0.15, 0.2) is 0 Å². The highest BCUT2D eigenvalue weighted by Crippen LogP contribution is 2.21. The van der Waals surface area contributed by atoms with Crippen LogP contribution in [0.1, 0.15) is 39.5 Å². The lowest BCUT2D eigenvalue weighted by Crippen LogP contribution is -2.47. The Labute approximate surface area is 116 Å². The molecule has 1 N–H and O–H groups in total. The fraction of sp³-hybridized carbons (Fsp3) is 0.933. The van der Waals surface area contributed by atoms with Crippen molar-refractivity contribution in [1.82, 2.24) is 9.80 Å². The Morgan fingerprint density at radius 2 is 1.95 bits per heavy atom. The van der Waals surface area contributed by atoms with E-state index in [0.29, 0.717) is 24.3 Å². The van der Waals surface area contributed by atoms with Crippen molar-refractivity contribution in [1.29, 1.82) is 0 Å². The number of carbonyl (C=O) groups is 1. The lowest BCUT2D eigenvalue weighted by atomic mass is 9.92. The van der Waals surface area contributed by atoms with Gasteiger partial charge in [0.05, 0.1) is 12.6 Å². The maximum Gasteiger partial charge on any atom is 0.236 e. The van der Waals surface area contributed by atoms with E-state index < -0.39 is 0 Å². The molecule has 2 fully saturated rings. The van der Waals surface area contributed by atoms with Gasteiger partial charge in [0.1, 0.15) is 0 Å². The highest BCUT2D eigenvalue weighted by molar-refractivity contribution is 5.78. The van der Waals surface area contributed by atoms with Crippen molar-refractivity contribution < 1.29 is 9.90 Å². The summed E-state index contributed by atoms with van der Waals surface area (Å²) < 4.78 is 0. The fourth-order valence-electron chi connectivity index (χ4n) is 3.30. The van der Waals surface area contributed by atoms with Crippen LogP contribution in [0.4, 0.5) is 0 Å². The minimum atomic E-state index is -0.208. The lowest BCUT2D eigenvalue weighted by molar-refractivity contribution is -0.134. The van der Waals surface area contributed by atoms with E-state index in [1.54, 1.807) is 0 Å². The molecule has 0 aromatic rings. The van der Waals surface area contributed by atoms with Crippen molar-refractivity contribution in [2.45, 2.75) is 45.6 Å². The predicted octanol–water partition coefficient (Wildman–Crippen LogP) is 1.34. The second kappa shape index (κ2) is 6.71. The van der Waals surface area contributed by atoms with Crippen LogP contribution in [0.5, 0.6) is 0 Å². The van der Waals surface area contributed by atoms with Crippen molar-refractivity contribution in [2.75, 3.05) is 32.7 Å². The summed E-state index contributed by atoms with van der Waals surface area (Å²) in [6.07, 6.45) is 4.23. The quantitative estimate of drug-likeness (QED) is 0.840. The zero-order chi connectivity index (χ0) is 13.8. The number of aliphatic hydroxyl groups is 1. The van der Waals surface area contributed by atoms with Gasteiger partial charge in [0, 0.05) is 13.1 Å². The van der Waals surface area contributed by atoms with E-state index in [-0.39, 0.29) is 6.10 Å². The third kappa shape index (κ3) is 4.18. The van der Waals surface area contributed by atoms with E-state index in [1.165, 1.54) is 6.42 Å². The van der Waals surface area contributed by atoms with Crippen molar-refractivity contribution >= 4 is 5.91 Å². The third-order valence-corrected chi connectivity index (χ3v) is 4.68. The smallest absolute Gasteiger partial charge is 0.236 e. The lowest BCUT2D eigenvalue weighted by Gasteiger charge is -2.36. The van der Waals surface area contributed by atoms with Crippen molar-refractivity contribution in [2.24, 2.45) is 11.8 Å². The molecule has 2 aliphatic rings. The van der Waals surface area contributed by atoms with E-state index in [4.69, 9.17) is 0 Å². The van der Waals surface area contributed by atoms with Crippen LogP contribution in [0.3, 0.4) is 0 Å². The number of hydrogen-bond acceptors (Lipinski definition) is 3. The van der Waals surface area contributed by atoms with Gasteiger partial charge in [-0.3, -0.25) is 9.69 Å². The first-order chi connectivity index (χ1) is 9.06. The molecule has 110 valence electrons. The predicted molar refractivity (Wildman–Crippen MR) is 75.8 cm³/mol. The molecule has 2 unspecified atom stereocenters. The van der Waals surface area contributed by atoms with Crippen LogP contribution in [-0.2, 0) is 4.79 Å². The Morgan fingerprint density at radius 1 is 1.26 bits per heavy atom. The number of aliphatic hydroxyl groups excluding tert-OH is 1. The van der Waals surface area contributed by atoms with Crippen LogP contribution in [0, 0.1) is 11.8 Å². The Bertz CT molecular complexity index is 299. The van der Waals surface area contributed by atoms with E-state index in [9.17, 15) is 9.90 Å². The first kappa shape index (κ1) is 14.8. The summed E-state index contributed by atoms with van der Waals surface area (Å²) >= 11 is 0. The minimum absolute atomic E-state index is 0.208. The summed E-state index contributed by atoms with van der Waals surface area (Å²) in [5, 5.41) is 9.58. The summed E-state index contributed by atoms with van der Waals surface area (Å²) in [6, 6.07) is 0. The summed E-state index contributed by atoms with van der Waals surface area (Å²) in [5.74, 6) is 1.36. The van der Waals surface area contributed by atoms with E-state index in [0.717, 1.165) is 45.4 Å². The first-order valence-electron chi connectivity index (χ1n) is 7.74. The molecule has 0 aromatic heterocycles. The zero-order valence-corrected chi connectivity index (χ0v) is 12.3. The standard InChI is InChI=1S/C15H28N2O2/c1-12-4-3-7-17(10-12)15(19)11-16-8-5-14(6-9-16)13(2)18/h12-14,18H,3-11H2,1-2H3. The van der Waals surface area contributed by atoms with Crippen LogP contribution in [-0.4, -0.2) is 59.6 Å². The molecule has 4 heteroatoms. The fourth-order valence-corrected chi connectivity index (χ4v) is 3.30. The zero-order valence-electron chi connectivity index (χ0n) is 12.3. The average molecular weight is 268 g/mol. The molecule has 2 rings (SSSR count). The van der Waals surface area contributed by atoms with Gasteiger partial charge < -0.3 is 10.0 Å². The summed E-state index contributed by atoms with van der Waals surface area (Å²) in [4.78, 5) is 16.5. The Kier molecular flexibility index (Phi) is 5.22. The maximum atomic E-state index is 12.3. The Hall–Kier alpha value is -0.610. The molecular formula is C15H28N2O2. The van der Waals surface area contributed by atoms with Crippen LogP contribution < -0.4 is 0 Å². The second-order valence-corrected chi connectivity index (χ2v) is 6.44. The SMILES string of the molecule is CC1CCCN(C(=O)CN2CCC(C(C)O)CC2)C1. The first-order valence-corrected chi connectivity index (χ1v) is 7.74. The molecule has 0 spiro atoms. The number of rotatable bonds is 3. The summed E-state index contributed by atoms with van der Waals surface area (Å²) in [7, 11) is 0. The number of piperidine rings is 2. The molecule has 0 radical (unpaired) electrons. The van der Waals surface area contributed by atoms with Crippen molar-refractivity contribution in [3.05, 3.63) is 0 Å². The Balaban J connectivity index is 1.74. The van der Waals surface area contributed by atoms with Crippen molar-refractivity contribution in [3.8, 4) is 0 Å². The second-order valence-electron chi connectivity index (χ2n) is 6.44. The average Bonchev–Trinajstić information content (AvgIpc) is 2.39. The normalized spacial score (nSPS) is 28.4. The molecule has 19 heavy (non-hydrogen) atoms. The van der Waals surface area contributed by atoms with Crippen LogP contribution in [0.25, 0.3) is 0 Å². The summed E-state index contributed by atoms with van der Waals surface area (Å²) in [6.45, 7) is 8.44. The van der Waals surface area contributed by atoms with Gasteiger partial charge in [0.2, 0.25) is 5.91 Å². The molecule has 2 aliphatic heterocycles. The molecule has 2 saturated heterocycles. The Morgan fingerprint density at radius 3 is 2.53 bits per heavy atom. The molecule has 0 saturated carbocycles. The minimum Gasteiger partial charge on any atom is -0.393 e. The molecule has 2 heterocycles. The number of carbonyl (C=O) groups excluding carboxylic acids is 1. The highest BCUT2D eigenvalue weighted by atomic mass is 16.3. The van der Waals surface area contributed by atoms with Gasteiger partial charge in [0.25, 0.3) is 0 Å². The number of amides is 1. The van der Waals surface area contributed by atoms with Crippen LogP contribution in [0.2, 0.25) is 0 Å². The van der Waals surface area contributed by atoms with Gasteiger partial charge in [-0.05, 0) is 57.5 Å². The van der Waals surface area contributed by atoms with Gasteiger partial charge in [-0.1, -0.05) is 6.92 Å². The monoisotopic (exact) mass is 268 g/mol.